The molecule has 90 valence electrons. The number of rotatable bonds is 4. The van der Waals surface area contributed by atoms with Crippen LogP contribution in [-0.2, 0) is 6.42 Å². The zero-order valence-corrected chi connectivity index (χ0v) is 11.5. The molecule has 1 unspecified atom stereocenters. The average Bonchev–Trinajstić information content (AvgIpc) is 2.81. The third-order valence-corrected chi connectivity index (χ3v) is 4.39. The van der Waals surface area contributed by atoms with Crippen molar-refractivity contribution in [3.63, 3.8) is 0 Å². The van der Waals surface area contributed by atoms with Crippen LogP contribution in [0.4, 0.5) is 5.69 Å². The Morgan fingerprint density at radius 3 is 2.59 bits per heavy atom. The molecule has 0 amide bonds. The molecule has 1 nitrogen and oxygen atoms in total. The molecule has 1 N–H and O–H groups in total. The molecule has 2 aromatic rings. The second-order valence-electron chi connectivity index (χ2n) is 4.34. The van der Waals surface area contributed by atoms with Gasteiger partial charge >= 0.3 is 0 Å². The van der Waals surface area contributed by atoms with Crippen LogP contribution in [0.2, 0.25) is 0 Å². The molecule has 1 atom stereocenters. The maximum absolute atomic E-state index is 3.57. The van der Waals surface area contributed by atoms with E-state index < -0.39 is 0 Å². The van der Waals surface area contributed by atoms with Crippen LogP contribution in [0.1, 0.15) is 35.2 Å². The highest BCUT2D eigenvalue weighted by atomic mass is 32.1. The minimum atomic E-state index is 0.376. The van der Waals surface area contributed by atoms with Crippen LogP contribution in [0.15, 0.2) is 36.4 Å². The van der Waals surface area contributed by atoms with Gasteiger partial charge in [0.25, 0.3) is 0 Å². The summed E-state index contributed by atoms with van der Waals surface area (Å²) in [4.78, 5) is 2.86. The number of benzene rings is 1. The molecule has 1 aromatic carbocycles. The van der Waals surface area contributed by atoms with E-state index in [1.807, 2.05) is 11.3 Å². The molecule has 2 rings (SSSR count). The van der Waals surface area contributed by atoms with Crippen molar-refractivity contribution in [2.45, 2.75) is 33.2 Å². The number of nitrogens with one attached hydrogen (secondary N) is 1. The van der Waals surface area contributed by atoms with Crippen molar-refractivity contribution in [2.24, 2.45) is 0 Å². The van der Waals surface area contributed by atoms with E-state index in [9.17, 15) is 0 Å². The minimum Gasteiger partial charge on any atom is -0.377 e. The largest absolute Gasteiger partial charge is 0.377 e. The van der Waals surface area contributed by atoms with E-state index in [4.69, 9.17) is 0 Å². The Bertz CT molecular complexity index is 487. The normalized spacial score (nSPS) is 12.4. The third-order valence-electron chi connectivity index (χ3n) is 2.97. The molecule has 0 saturated carbocycles. The van der Waals surface area contributed by atoms with Crippen molar-refractivity contribution in [1.82, 2.24) is 0 Å². The first-order valence-electron chi connectivity index (χ1n) is 6.11. The molecule has 2 heteroatoms. The second kappa shape index (κ2) is 5.37. The van der Waals surface area contributed by atoms with Gasteiger partial charge in [0, 0.05) is 15.4 Å². The number of hydrogen-bond donors (Lipinski definition) is 1. The fraction of sp³-hybridized carbons (Fsp3) is 0.333. The van der Waals surface area contributed by atoms with Gasteiger partial charge in [0.2, 0.25) is 0 Å². The predicted octanol–water partition coefficient (Wildman–Crippen LogP) is 4.79. The first-order chi connectivity index (χ1) is 8.20. The van der Waals surface area contributed by atoms with E-state index in [0.717, 1.165) is 6.42 Å². The molecule has 0 spiro atoms. The molecule has 1 aromatic heterocycles. The van der Waals surface area contributed by atoms with Crippen LogP contribution in [0.25, 0.3) is 0 Å². The standard InChI is InChI=1S/C15H19NS/c1-4-13-9-10-15(17-13)12(3)16-14-8-6-5-7-11(14)2/h5-10,12,16H,4H2,1-3H3. The Hall–Kier alpha value is -1.28. The number of anilines is 1. The topological polar surface area (TPSA) is 12.0 Å². The Morgan fingerprint density at radius 2 is 1.94 bits per heavy atom. The van der Waals surface area contributed by atoms with Gasteiger partial charge < -0.3 is 5.32 Å². The summed E-state index contributed by atoms with van der Waals surface area (Å²) in [7, 11) is 0. The number of aryl methyl sites for hydroxylation is 2. The quantitative estimate of drug-likeness (QED) is 0.816. The van der Waals surface area contributed by atoms with Crippen LogP contribution < -0.4 is 5.32 Å². The monoisotopic (exact) mass is 245 g/mol. The van der Waals surface area contributed by atoms with Gasteiger partial charge in [0.15, 0.2) is 0 Å². The fourth-order valence-corrected chi connectivity index (χ4v) is 2.81. The highest BCUT2D eigenvalue weighted by molar-refractivity contribution is 7.12. The van der Waals surface area contributed by atoms with E-state index in [-0.39, 0.29) is 0 Å². The van der Waals surface area contributed by atoms with Crippen molar-refractivity contribution < 1.29 is 0 Å². The second-order valence-corrected chi connectivity index (χ2v) is 5.54. The van der Waals surface area contributed by atoms with Crippen LogP contribution in [-0.4, -0.2) is 0 Å². The maximum Gasteiger partial charge on any atom is 0.0578 e. The van der Waals surface area contributed by atoms with Gasteiger partial charge in [0.1, 0.15) is 0 Å². The van der Waals surface area contributed by atoms with E-state index in [2.05, 4.69) is 62.5 Å². The summed E-state index contributed by atoms with van der Waals surface area (Å²) >= 11 is 1.90. The van der Waals surface area contributed by atoms with Gasteiger partial charge in [-0.05, 0) is 44.0 Å². The molecular weight excluding hydrogens is 226 g/mol. The molecule has 0 saturated heterocycles. The summed E-state index contributed by atoms with van der Waals surface area (Å²) in [5.41, 5.74) is 2.53. The van der Waals surface area contributed by atoms with Crippen LogP contribution >= 0.6 is 11.3 Å². The van der Waals surface area contributed by atoms with Crippen molar-refractivity contribution in [2.75, 3.05) is 5.32 Å². The summed E-state index contributed by atoms with van der Waals surface area (Å²) in [5.74, 6) is 0. The Labute approximate surface area is 108 Å². The van der Waals surface area contributed by atoms with E-state index in [1.165, 1.54) is 21.0 Å². The Balaban J connectivity index is 2.11. The summed E-state index contributed by atoms with van der Waals surface area (Å²) in [6.07, 6.45) is 1.13. The average molecular weight is 245 g/mol. The zero-order chi connectivity index (χ0) is 12.3. The summed E-state index contributed by atoms with van der Waals surface area (Å²) in [5, 5.41) is 3.57. The zero-order valence-electron chi connectivity index (χ0n) is 10.7. The Morgan fingerprint density at radius 1 is 1.18 bits per heavy atom. The van der Waals surface area contributed by atoms with Gasteiger partial charge in [0.05, 0.1) is 6.04 Å². The third kappa shape index (κ3) is 2.89. The van der Waals surface area contributed by atoms with Crippen LogP contribution in [0, 0.1) is 6.92 Å². The smallest absolute Gasteiger partial charge is 0.0578 e. The van der Waals surface area contributed by atoms with Crippen molar-refractivity contribution >= 4 is 17.0 Å². The predicted molar refractivity (Wildman–Crippen MR) is 76.9 cm³/mol. The van der Waals surface area contributed by atoms with E-state index in [0.29, 0.717) is 6.04 Å². The molecule has 0 radical (unpaired) electrons. The number of para-hydroxylation sites is 1. The minimum absolute atomic E-state index is 0.376. The first-order valence-corrected chi connectivity index (χ1v) is 6.93. The van der Waals surface area contributed by atoms with Gasteiger partial charge in [-0.25, -0.2) is 0 Å². The lowest BCUT2D eigenvalue weighted by Gasteiger charge is -2.15. The maximum atomic E-state index is 3.57. The molecule has 0 aliphatic rings. The molecule has 1 heterocycles. The lowest BCUT2D eigenvalue weighted by molar-refractivity contribution is 0.905. The van der Waals surface area contributed by atoms with E-state index in [1.54, 1.807) is 0 Å². The number of hydrogen-bond acceptors (Lipinski definition) is 2. The highest BCUT2D eigenvalue weighted by Crippen LogP contribution is 2.27. The Kier molecular flexibility index (Phi) is 3.85. The summed E-state index contributed by atoms with van der Waals surface area (Å²) < 4.78 is 0. The highest BCUT2D eigenvalue weighted by Gasteiger charge is 2.08. The molecule has 0 bridgehead atoms. The molecular formula is C15H19NS. The molecule has 17 heavy (non-hydrogen) atoms. The van der Waals surface area contributed by atoms with Crippen molar-refractivity contribution in [3.05, 3.63) is 51.7 Å². The molecule has 0 fully saturated rings. The van der Waals surface area contributed by atoms with E-state index >= 15 is 0 Å². The fourth-order valence-electron chi connectivity index (χ4n) is 1.86. The lowest BCUT2D eigenvalue weighted by Crippen LogP contribution is -2.05. The summed E-state index contributed by atoms with van der Waals surface area (Å²) in [6, 6.07) is 13.3. The van der Waals surface area contributed by atoms with Crippen molar-refractivity contribution in [3.8, 4) is 0 Å². The van der Waals surface area contributed by atoms with Gasteiger partial charge in [-0.15, -0.1) is 11.3 Å². The molecule has 0 aliphatic carbocycles. The number of thiophene rings is 1. The van der Waals surface area contributed by atoms with Gasteiger partial charge in [-0.2, -0.15) is 0 Å². The molecule has 0 aliphatic heterocycles. The summed E-state index contributed by atoms with van der Waals surface area (Å²) in [6.45, 7) is 6.56. The van der Waals surface area contributed by atoms with Crippen LogP contribution in [0.5, 0.6) is 0 Å². The lowest BCUT2D eigenvalue weighted by atomic mass is 10.1. The first kappa shape index (κ1) is 12.2. The van der Waals surface area contributed by atoms with Gasteiger partial charge in [-0.3, -0.25) is 0 Å². The SMILES string of the molecule is CCc1ccc(C(C)Nc2ccccc2C)s1. The van der Waals surface area contributed by atoms with Crippen LogP contribution in [0.3, 0.4) is 0 Å². The van der Waals surface area contributed by atoms with Gasteiger partial charge in [-0.1, -0.05) is 25.1 Å². The van der Waals surface area contributed by atoms with Crippen molar-refractivity contribution in [1.29, 1.82) is 0 Å².